The molecule has 0 aliphatic heterocycles. The van der Waals surface area contributed by atoms with Crippen LogP contribution >= 0.6 is 0 Å². The van der Waals surface area contributed by atoms with Crippen molar-refractivity contribution in [2.24, 2.45) is 0 Å². The molecule has 0 aliphatic rings. The fraction of sp³-hybridized carbons (Fsp3) is 0.600. The van der Waals surface area contributed by atoms with E-state index in [1.54, 1.807) is 14.2 Å². The Hall–Kier alpha value is -1.26. The third-order valence-corrected chi connectivity index (χ3v) is 3.39. The highest BCUT2D eigenvalue weighted by molar-refractivity contribution is 5.52. The first-order valence-electron chi connectivity index (χ1n) is 6.72. The van der Waals surface area contributed by atoms with Crippen molar-refractivity contribution in [1.82, 2.24) is 10.6 Å². The largest absolute Gasteiger partial charge is 0.496 e. The van der Waals surface area contributed by atoms with Gasteiger partial charge in [-0.1, -0.05) is 0 Å². The number of nitrogens with one attached hydrogen (secondary N) is 2. The van der Waals surface area contributed by atoms with E-state index in [0.29, 0.717) is 0 Å². The lowest BCUT2D eigenvalue weighted by atomic mass is 10.0. The molecular weight excluding hydrogens is 240 g/mol. The van der Waals surface area contributed by atoms with Crippen LogP contribution in [0.25, 0.3) is 0 Å². The molecule has 1 aromatic carbocycles. The fourth-order valence-electron chi connectivity index (χ4n) is 2.17. The first-order valence-corrected chi connectivity index (χ1v) is 6.72. The molecule has 1 aromatic rings. The predicted octanol–water partition coefficient (Wildman–Crippen LogP) is 2.02. The summed E-state index contributed by atoms with van der Waals surface area (Å²) >= 11 is 0. The Morgan fingerprint density at radius 3 is 2.37 bits per heavy atom. The van der Waals surface area contributed by atoms with Crippen molar-refractivity contribution >= 4 is 0 Å². The van der Waals surface area contributed by atoms with Crippen LogP contribution in [-0.2, 0) is 6.54 Å². The van der Waals surface area contributed by atoms with E-state index in [2.05, 4.69) is 30.5 Å². The summed E-state index contributed by atoms with van der Waals surface area (Å²) in [5.41, 5.74) is 3.43. The summed E-state index contributed by atoms with van der Waals surface area (Å²) in [4.78, 5) is 0. The highest BCUT2D eigenvalue weighted by Gasteiger charge is 2.13. The standard InChI is InChI=1S/C15H26N2O2/c1-11-12(2)15(19-5)13(9-14(11)18-4)10-17-8-6-7-16-3/h9,16-17H,6-8,10H2,1-5H3. The first-order chi connectivity index (χ1) is 9.15. The SMILES string of the molecule is CNCCCNCc1cc(OC)c(C)c(C)c1OC. The van der Waals surface area contributed by atoms with Crippen LogP contribution in [0.3, 0.4) is 0 Å². The van der Waals surface area contributed by atoms with Crippen LogP contribution in [0.5, 0.6) is 11.5 Å². The Kier molecular flexibility index (Phi) is 6.67. The van der Waals surface area contributed by atoms with Crippen LogP contribution in [0.2, 0.25) is 0 Å². The van der Waals surface area contributed by atoms with E-state index in [1.165, 1.54) is 0 Å². The molecule has 108 valence electrons. The maximum atomic E-state index is 5.53. The van der Waals surface area contributed by atoms with Crippen LogP contribution in [0.15, 0.2) is 6.07 Å². The summed E-state index contributed by atoms with van der Waals surface area (Å²) in [5, 5.41) is 6.57. The van der Waals surface area contributed by atoms with Crippen molar-refractivity contribution in [1.29, 1.82) is 0 Å². The van der Waals surface area contributed by atoms with Gasteiger partial charge in [0.2, 0.25) is 0 Å². The topological polar surface area (TPSA) is 42.5 Å². The minimum absolute atomic E-state index is 0.796. The third kappa shape index (κ3) is 4.11. The van der Waals surface area contributed by atoms with Gasteiger partial charge in [0.1, 0.15) is 11.5 Å². The second-order valence-corrected chi connectivity index (χ2v) is 4.66. The van der Waals surface area contributed by atoms with Crippen LogP contribution in [0.4, 0.5) is 0 Å². The molecule has 0 atom stereocenters. The minimum atomic E-state index is 0.796. The lowest BCUT2D eigenvalue weighted by Gasteiger charge is -2.17. The number of hydrogen-bond acceptors (Lipinski definition) is 4. The molecule has 2 N–H and O–H groups in total. The van der Waals surface area contributed by atoms with E-state index in [1.807, 2.05) is 7.05 Å². The van der Waals surface area contributed by atoms with Crippen molar-refractivity contribution in [3.8, 4) is 11.5 Å². The molecule has 4 heteroatoms. The predicted molar refractivity (Wildman–Crippen MR) is 79.3 cm³/mol. The van der Waals surface area contributed by atoms with Gasteiger partial charge < -0.3 is 20.1 Å². The van der Waals surface area contributed by atoms with Crippen molar-refractivity contribution in [2.45, 2.75) is 26.8 Å². The lowest BCUT2D eigenvalue weighted by Crippen LogP contribution is -2.20. The van der Waals surface area contributed by atoms with Gasteiger partial charge in [-0.25, -0.2) is 0 Å². The third-order valence-electron chi connectivity index (χ3n) is 3.39. The van der Waals surface area contributed by atoms with E-state index < -0.39 is 0 Å². The number of benzene rings is 1. The smallest absolute Gasteiger partial charge is 0.126 e. The Balaban J connectivity index is 2.78. The lowest BCUT2D eigenvalue weighted by molar-refractivity contribution is 0.391. The van der Waals surface area contributed by atoms with Crippen LogP contribution in [0, 0.1) is 13.8 Å². The van der Waals surface area contributed by atoms with Crippen LogP contribution in [0.1, 0.15) is 23.1 Å². The molecular formula is C15H26N2O2. The highest BCUT2D eigenvalue weighted by atomic mass is 16.5. The monoisotopic (exact) mass is 266 g/mol. The molecule has 4 nitrogen and oxygen atoms in total. The Morgan fingerprint density at radius 2 is 1.79 bits per heavy atom. The summed E-state index contributed by atoms with van der Waals surface area (Å²) < 4.78 is 10.9. The molecule has 0 aliphatic carbocycles. The second-order valence-electron chi connectivity index (χ2n) is 4.66. The van der Waals surface area contributed by atoms with Crippen molar-refractivity contribution < 1.29 is 9.47 Å². The van der Waals surface area contributed by atoms with E-state index in [0.717, 1.165) is 54.2 Å². The summed E-state index contributed by atoms with van der Waals surface area (Å²) in [5.74, 6) is 1.88. The normalized spacial score (nSPS) is 10.6. The van der Waals surface area contributed by atoms with E-state index >= 15 is 0 Å². The Bertz CT molecular complexity index is 406. The minimum Gasteiger partial charge on any atom is -0.496 e. The molecule has 0 heterocycles. The molecule has 0 amide bonds. The molecule has 19 heavy (non-hydrogen) atoms. The van der Waals surface area contributed by atoms with Gasteiger partial charge in [0, 0.05) is 12.1 Å². The molecule has 0 saturated heterocycles. The van der Waals surface area contributed by atoms with Gasteiger partial charge in [-0.2, -0.15) is 0 Å². The van der Waals surface area contributed by atoms with Gasteiger partial charge in [0.05, 0.1) is 14.2 Å². The number of ether oxygens (including phenoxy) is 2. The van der Waals surface area contributed by atoms with Gasteiger partial charge >= 0.3 is 0 Å². The molecule has 0 saturated carbocycles. The zero-order valence-electron chi connectivity index (χ0n) is 12.7. The zero-order chi connectivity index (χ0) is 14.3. The molecule has 0 unspecified atom stereocenters. The van der Waals surface area contributed by atoms with Crippen molar-refractivity contribution in [3.05, 3.63) is 22.8 Å². The quantitative estimate of drug-likeness (QED) is 0.707. The summed E-state index contributed by atoms with van der Waals surface area (Å²) in [7, 11) is 5.40. The van der Waals surface area contributed by atoms with Crippen LogP contribution in [-0.4, -0.2) is 34.4 Å². The van der Waals surface area contributed by atoms with Crippen molar-refractivity contribution in [3.63, 3.8) is 0 Å². The number of methoxy groups -OCH3 is 2. The second kappa shape index (κ2) is 8.02. The average Bonchev–Trinajstić information content (AvgIpc) is 2.42. The Morgan fingerprint density at radius 1 is 1.05 bits per heavy atom. The van der Waals surface area contributed by atoms with Gasteiger partial charge in [-0.15, -0.1) is 0 Å². The number of rotatable bonds is 8. The van der Waals surface area contributed by atoms with Gasteiger partial charge in [0.15, 0.2) is 0 Å². The Labute approximate surface area is 116 Å². The molecule has 0 radical (unpaired) electrons. The summed E-state index contributed by atoms with van der Waals surface area (Å²) in [6.07, 6.45) is 1.11. The van der Waals surface area contributed by atoms with Crippen LogP contribution < -0.4 is 20.1 Å². The van der Waals surface area contributed by atoms with Gasteiger partial charge in [0.25, 0.3) is 0 Å². The fourth-order valence-corrected chi connectivity index (χ4v) is 2.17. The van der Waals surface area contributed by atoms with E-state index in [9.17, 15) is 0 Å². The molecule has 0 aromatic heterocycles. The van der Waals surface area contributed by atoms with Gasteiger partial charge in [-0.3, -0.25) is 0 Å². The maximum absolute atomic E-state index is 5.53. The summed E-state index contributed by atoms with van der Waals surface area (Å²) in [6.45, 7) is 6.94. The number of hydrogen-bond donors (Lipinski definition) is 2. The van der Waals surface area contributed by atoms with Gasteiger partial charge in [-0.05, 0) is 57.6 Å². The van der Waals surface area contributed by atoms with E-state index in [4.69, 9.17) is 9.47 Å². The highest BCUT2D eigenvalue weighted by Crippen LogP contribution is 2.33. The molecule has 0 bridgehead atoms. The zero-order valence-corrected chi connectivity index (χ0v) is 12.7. The maximum Gasteiger partial charge on any atom is 0.126 e. The summed E-state index contributed by atoms with van der Waals surface area (Å²) in [6, 6.07) is 2.06. The van der Waals surface area contributed by atoms with E-state index in [-0.39, 0.29) is 0 Å². The first kappa shape index (κ1) is 15.8. The molecule has 0 fully saturated rings. The molecule has 1 rings (SSSR count). The average molecular weight is 266 g/mol. The van der Waals surface area contributed by atoms with Crippen molar-refractivity contribution in [2.75, 3.05) is 34.4 Å². The molecule has 0 spiro atoms.